The third-order valence-corrected chi connectivity index (χ3v) is 3.07. The van der Waals surface area contributed by atoms with Gasteiger partial charge in [0.05, 0.1) is 0 Å². The normalized spacial score (nSPS) is 10.3. The van der Waals surface area contributed by atoms with E-state index in [0.717, 1.165) is 36.2 Å². The number of carbonyl (C=O) groups excluding carboxylic acids is 1. The van der Waals surface area contributed by atoms with Gasteiger partial charge in [-0.15, -0.1) is 0 Å². The maximum absolute atomic E-state index is 11.7. The van der Waals surface area contributed by atoms with Crippen LogP contribution in [0.5, 0.6) is 0 Å². The first kappa shape index (κ1) is 14.6. The fourth-order valence-electron chi connectivity index (χ4n) is 1.93. The number of unbranched alkanes of at least 4 members (excludes halogenated alkanes) is 3. The molecule has 0 fully saturated rings. The van der Waals surface area contributed by atoms with Gasteiger partial charge in [0.25, 0.3) is 0 Å². The second-order valence-electron chi connectivity index (χ2n) is 4.63. The molecule has 1 aromatic rings. The molecule has 3 heteroatoms. The topological polar surface area (TPSA) is 55.1 Å². The van der Waals surface area contributed by atoms with Gasteiger partial charge >= 0.3 is 0 Å². The second-order valence-corrected chi connectivity index (χ2v) is 4.63. The fourth-order valence-corrected chi connectivity index (χ4v) is 1.93. The molecule has 1 aromatic carbocycles. The highest BCUT2D eigenvalue weighted by molar-refractivity contribution is 5.91. The number of rotatable bonds is 7. The number of hydrogen-bond donors (Lipinski definition) is 2. The van der Waals surface area contributed by atoms with Crippen molar-refractivity contribution >= 4 is 17.3 Å². The maximum atomic E-state index is 11.7. The number of amides is 1. The fraction of sp³-hybridized carbons (Fsp3) is 0.533. The third-order valence-electron chi connectivity index (χ3n) is 3.07. The number of carbonyl (C=O) groups is 1. The van der Waals surface area contributed by atoms with Crippen LogP contribution in [0.2, 0.25) is 0 Å². The summed E-state index contributed by atoms with van der Waals surface area (Å²) in [5.74, 6) is 0.0785. The predicted molar refractivity (Wildman–Crippen MR) is 77.6 cm³/mol. The molecule has 1 rings (SSSR count). The Morgan fingerprint density at radius 1 is 1.22 bits per heavy atom. The van der Waals surface area contributed by atoms with Crippen molar-refractivity contribution in [3.63, 3.8) is 0 Å². The molecule has 0 aliphatic rings. The second kappa shape index (κ2) is 7.75. The summed E-state index contributed by atoms with van der Waals surface area (Å²) in [5, 5.41) is 2.89. The van der Waals surface area contributed by atoms with Gasteiger partial charge in [0.1, 0.15) is 0 Å². The lowest BCUT2D eigenvalue weighted by Gasteiger charge is -2.08. The molecule has 0 aliphatic heterocycles. The number of hydrogen-bond acceptors (Lipinski definition) is 2. The first-order chi connectivity index (χ1) is 8.67. The number of anilines is 2. The van der Waals surface area contributed by atoms with Crippen molar-refractivity contribution in [3.8, 4) is 0 Å². The highest BCUT2D eigenvalue weighted by Crippen LogP contribution is 2.18. The minimum atomic E-state index is 0.0785. The molecule has 1 amide bonds. The Bertz CT molecular complexity index is 388. The average Bonchev–Trinajstić information content (AvgIpc) is 2.35. The van der Waals surface area contributed by atoms with Crippen molar-refractivity contribution < 1.29 is 4.79 Å². The lowest BCUT2D eigenvalue weighted by Crippen LogP contribution is -2.11. The number of benzene rings is 1. The summed E-state index contributed by atoms with van der Waals surface area (Å²) in [5.41, 5.74) is 8.56. The molecule has 18 heavy (non-hydrogen) atoms. The first-order valence-electron chi connectivity index (χ1n) is 6.85. The van der Waals surface area contributed by atoms with Crippen LogP contribution in [0.15, 0.2) is 18.2 Å². The molecule has 0 heterocycles. The molecule has 0 saturated heterocycles. The maximum Gasteiger partial charge on any atom is 0.224 e. The van der Waals surface area contributed by atoms with E-state index in [1.165, 1.54) is 12.8 Å². The van der Waals surface area contributed by atoms with E-state index in [9.17, 15) is 4.79 Å². The van der Waals surface area contributed by atoms with Crippen molar-refractivity contribution in [2.24, 2.45) is 0 Å². The van der Waals surface area contributed by atoms with Crippen molar-refractivity contribution in [1.29, 1.82) is 0 Å². The molecule has 0 atom stereocenters. The molecule has 0 saturated carbocycles. The van der Waals surface area contributed by atoms with Gasteiger partial charge in [-0.3, -0.25) is 4.79 Å². The minimum absolute atomic E-state index is 0.0785. The number of nitrogen functional groups attached to an aromatic ring is 1. The van der Waals surface area contributed by atoms with Crippen LogP contribution in [0.4, 0.5) is 11.4 Å². The summed E-state index contributed by atoms with van der Waals surface area (Å²) in [6, 6.07) is 5.73. The molecule has 0 unspecified atom stereocenters. The van der Waals surface area contributed by atoms with Gasteiger partial charge < -0.3 is 11.1 Å². The van der Waals surface area contributed by atoms with Crippen LogP contribution in [-0.4, -0.2) is 5.91 Å². The minimum Gasteiger partial charge on any atom is -0.398 e. The Balaban J connectivity index is 2.42. The Labute approximate surface area is 110 Å². The van der Waals surface area contributed by atoms with E-state index in [4.69, 9.17) is 5.73 Å². The molecule has 3 nitrogen and oxygen atoms in total. The van der Waals surface area contributed by atoms with Crippen molar-refractivity contribution in [2.45, 2.75) is 52.4 Å². The zero-order chi connectivity index (χ0) is 13.4. The van der Waals surface area contributed by atoms with Crippen molar-refractivity contribution in [3.05, 3.63) is 23.8 Å². The van der Waals surface area contributed by atoms with E-state index in [2.05, 4.69) is 19.2 Å². The van der Waals surface area contributed by atoms with Crippen LogP contribution in [-0.2, 0) is 11.2 Å². The van der Waals surface area contributed by atoms with E-state index < -0.39 is 0 Å². The van der Waals surface area contributed by atoms with Crippen LogP contribution in [0.3, 0.4) is 0 Å². The Kier molecular flexibility index (Phi) is 6.26. The van der Waals surface area contributed by atoms with Gasteiger partial charge in [-0.25, -0.2) is 0 Å². The smallest absolute Gasteiger partial charge is 0.224 e. The summed E-state index contributed by atoms with van der Waals surface area (Å²) in [6.07, 6.45) is 5.98. The lowest BCUT2D eigenvalue weighted by atomic mass is 10.1. The summed E-state index contributed by atoms with van der Waals surface area (Å²) >= 11 is 0. The Morgan fingerprint density at radius 2 is 2.00 bits per heavy atom. The third kappa shape index (κ3) is 4.78. The SMILES string of the molecule is CCCCCCC(=O)Nc1ccc(CC)c(N)c1. The highest BCUT2D eigenvalue weighted by Gasteiger charge is 2.04. The zero-order valence-electron chi connectivity index (χ0n) is 11.5. The Hall–Kier alpha value is -1.51. The number of nitrogens with two attached hydrogens (primary N) is 1. The van der Waals surface area contributed by atoms with E-state index >= 15 is 0 Å². The molecular weight excluding hydrogens is 224 g/mol. The van der Waals surface area contributed by atoms with Gasteiger partial charge in [0.15, 0.2) is 0 Å². The molecular formula is C15H24N2O. The van der Waals surface area contributed by atoms with E-state index in [1.54, 1.807) is 0 Å². The Morgan fingerprint density at radius 3 is 2.61 bits per heavy atom. The van der Waals surface area contributed by atoms with Gasteiger partial charge in [-0.05, 0) is 30.5 Å². The summed E-state index contributed by atoms with van der Waals surface area (Å²) < 4.78 is 0. The molecule has 100 valence electrons. The average molecular weight is 248 g/mol. The van der Waals surface area contributed by atoms with Gasteiger partial charge in [-0.1, -0.05) is 39.2 Å². The molecule has 0 aliphatic carbocycles. The van der Waals surface area contributed by atoms with Gasteiger partial charge in [-0.2, -0.15) is 0 Å². The van der Waals surface area contributed by atoms with Gasteiger partial charge in [0, 0.05) is 17.8 Å². The highest BCUT2D eigenvalue weighted by atomic mass is 16.1. The first-order valence-corrected chi connectivity index (χ1v) is 6.85. The molecule has 0 aromatic heterocycles. The largest absolute Gasteiger partial charge is 0.398 e. The summed E-state index contributed by atoms with van der Waals surface area (Å²) in [4.78, 5) is 11.7. The summed E-state index contributed by atoms with van der Waals surface area (Å²) in [6.45, 7) is 4.23. The number of aryl methyl sites for hydroxylation is 1. The van der Waals surface area contributed by atoms with Crippen LogP contribution in [0.25, 0.3) is 0 Å². The molecule has 0 radical (unpaired) electrons. The van der Waals surface area contributed by atoms with Crippen LogP contribution < -0.4 is 11.1 Å². The monoisotopic (exact) mass is 248 g/mol. The van der Waals surface area contributed by atoms with Crippen molar-refractivity contribution in [2.75, 3.05) is 11.1 Å². The molecule has 0 spiro atoms. The quantitative estimate of drug-likeness (QED) is 0.570. The van der Waals surface area contributed by atoms with E-state index in [0.29, 0.717) is 6.42 Å². The standard InChI is InChI=1S/C15H24N2O/c1-3-5-6-7-8-15(18)17-13-10-9-12(4-2)14(16)11-13/h9-11H,3-8,16H2,1-2H3,(H,17,18). The van der Waals surface area contributed by atoms with Gasteiger partial charge in [0.2, 0.25) is 5.91 Å². The van der Waals surface area contributed by atoms with Crippen LogP contribution >= 0.6 is 0 Å². The number of nitrogens with one attached hydrogen (secondary N) is 1. The summed E-state index contributed by atoms with van der Waals surface area (Å²) in [7, 11) is 0. The van der Waals surface area contributed by atoms with Crippen molar-refractivity contribution in [1.82, 2.24) is 0 Å². The molecule has 3 N–H and O–H groups in total. The predicted octanol–water partition coefficient (Wildman–Crippen LogP) is 3.74. The van der Waals surface area contributed by atoms with Crippen LogP contribution in [0, 0.1) is 0 Å². The molecule has 0 bridgehead atoms. The van der Waals surface area contributed by atoms with E-state index in [1.807, 2.05) is 18.2 Å². The lowest BCUT2D eigenvalue weighted by molar-refractivity contribution is -0.116. The van der Waals surface area contributed by atoms with Crippen LogP contribution in [0.1, 0.15) is 51.5 Å². The van der Waals surface area contributed by atoms with E-state index in [-0.39, 0.29) is 5.91 Å². The zero-order valence-corrected chi connectivity index (χ0v) is 11.5.